The molecule has 110 valence electrons. The third kappa shape index (κ3) is 2.88. The Bertz CT molecular complexity index is 716. The molecule has 0 atom stereocenters. The second-order valence-electron chi connectivity index (χ2n) is 5.44. The summed E-state index contributed by atoms with van der Waals surface area (Å²) >= 11 is 0. The second kappa shape index (κ2) is 5.82. The highest BCUT2D eigenvalue weighted by molar-refractivity contribution is 5.52. The molecule has 0 radical (unpaired) electrons. The van der Waals surface area contributed by atoms with Crippen LogP contribution in [0.3, 0.4) is 0 Å². The van der Waals surface area contributed by atoms with Crippen molar-refractivity contribution in [2.75, 3.05) is 17.2 Å². The lowest BCUT2D eigenvalue weighted by Gasteiger charge is -2.19. The molecule has 0 aliphatic rings. The van der Waals surface area contributed by atoms with Gasteiger partial charge in [-0.2, -0.15) is 0 Å². The van der Waals surface area contributed by atoms with Crippen LogP contribution in [0, 0.1) is 0 Å². The smallest absolute Gasteiger partial charge is 0.0340 e. The molecule has 0 amide bonds. The van der Waals surface area contributed by atoms with Crippen molar-refractivity contribution in [3.05, 3.63) is 89.5 Å². The van der Waals surface area contributed by atoms with Crippen LogP contribution < -0.4 is 17.2 Å². The first-order valence-corrected chi connectivity index (χ1v) is 7.20. The van der Waals surface area contributed by atoms with Gasteiger partial charge in [0.2, 0.25) is 0 Å². The summed E-state index contributed by atoms with van der Waals surface area (Å²) < 4.78 is 0. The van der Waals surface area contributed by atoms with Crippen LogP contribution in [-0.2, 0) is 0 Å². The van der Waals surface area contributed by atoms with Crippen molar-refractivity contribution in [2.45, 2.75) is 5.92 Å². The first-order valence-electron chi connectivity index (χ1n) is 7.20. The Hall–Kier alpha value is -2.94. The van der Waals surface area contributed by atoms with Crippen molar-refractivity contribution in [3.8, 4) is 0 Å². The average Bonchev–Trinajstić information content (AvgIpc) is 2.51. The van der Waals surface area contributed by atoms with E-state index in [4.69, 9.17) is 17.2 Å². The molecule has 0 unspecified atom stereocenters. The highest BCUT2D eigenvalue weighted by Crippen LogP contribution is 2.33. The predicted molar refractivity (Wildman–Crippen MR) is 93.5 cm³/mol. The lowest BCUT2D eigenvalue weighted by atomic mass is 9.85. The maximum Gasteiger partial charge on any atom is 0.0340 e. The van der Waals surface area contributed by atoms with Crippen molar-refractivity contribution >= 4 is 17.1 Å². The fraction of sp³-hybridized carbons (Fsp3) is 0.0526. The summed E-state index contributed by atoms with van der Waals surface area (Å²) in [7, 11) is 0. The number of rotatable bonds is 3. The standard InChI is InChI=1S/C19H19N3/c20-16-8-4-13(5-9-16)19(14-6-10-17(21)11-7-14)15-2-1-3-18(22)12-15/h1-12,19H,20-22H2. The Morgan fingerprint density at radius 3 is 1.45 bits per heavy atom. The average molecular weight is 289 g/mol. The van der Waals surface area contributed by atoms with Crippen molar-refractivity contribution in [3.63, 3.8) is 0 Å². The summed E-state index contributed by atoms with van der Waals surface area (Å²) in [5.41, 5.74) is 23.3. The first kappa shape index (κ1) is 14.0. The van der Waals surface area contributed by atoms with Crippen LogP contribution in [0.1, 0.15) is 22.6 Å². The molecule has 3 nitrogen and oxygen atoms in total. The summed E-state index contributed by atoms with van der Waals surface area (Å²) in [4.78, 5) is 0. The third-order valence-electron chi connectivity index (χ3n) is 3.78. The fourth-order valence-corrected chi connectivity index (χ4v) is 2.69. The summed E-state index contributed by atoms with van der Waals surface area (Å²) in [5, 5.41) is 0. The van der Waals surface area contributed by atoms with E-state index in [1.54, 1.807) is 0 Å². The van der Waals surface area contributed by atoms with E-state index in [2.05, 4.69) is 30.3 Å². The lowest BCUT2D eigenvalue weighted by Crippen LogP contribution is -2.04. The number of nitrogens with two attached hydrogens (primary N) is 3. The fourth-order valence-electron chi connectivity index (χ4n) is 2.69. The minimum absolute atomic E-state index is 0.102. The Labute approximate surface area is 130 Å². The van der Waals surface area contributed by atoms with E-state index < -0.39 is 0 Å². The Balaban J connectivity index is 2.13. The number of benzene rings is 3. The van der Waals surface area contributed by atoms with E-state index in [0.29, 0.717) is 0 Å². The molecular weight excluding hydrogens is 270 g/mol. The normalized spacial score (nSPS) is 10.8. The molecule has 0 aromatic heterocycles. The van der Waals surface area contributed by atoms with Gasteiger partial charge in [0, 0.05) is 23.0 Å². The minimum Gasteiger partial charge on any atom is -0.399 e. The van der Waals surface area contributed by atoms with Crippen LogP contribution in [0.25, 0.3) is 0 Å². The first-order chi connectivity index (χ1) is 10.6. The highest BCUT2D eigenvalue weighted by Gasteiger charge is 2.16. The van der Waals surface area contributed by atoms with Gasteiger partial charge in [0.25, 0.3) is 0 Å². The van der Waals surface area contributed by atoms with Gasteiger partial charge >= 0.3 is 0 Å². The summed E-state index contributed by atoms with van der Waals surface area (Å²) in [6, 6.07) is 23.9. The molecule has 0 fully saturated rings. The van der Waals surface area contributed by atoms with Gasteiger partial charge in [-0.3, -0.25) is 0 Å². The van der Waals surface area contributed by atoms with E-state index >= 15 is 0 Å². The zero-order valence-electron chi connectivity index (χ0n) is 12.2. The molecule has 0 saturated heterocycles. The van der Waals surface area contributed by atoms with Crippen molar-refractivity contribution in [1.29, 1.82) is 0 Å². The minimum atomic E-state index is 0.102. The summed E-state index contributed by atoms with van der Waals surface area (Å²) in [6.07, 6.45) is 0. The van der Waals surface area contributed by atoms with Gasteiger partial charge < -0.3 is 17.2 Å². The second-order valence-corrected chi connectivity index (χ2v) is 5.44. The summed E-state index contributed by atoms with van der Waals surface area (Å²) in [6.45, 7) is 0. The van der Waals surface area contributed by atoms with E-state index in [0.717, 1.165) is 22.6 Å². The van der Waals surface area contributed by atoms with Crippen LogP contribution in [-0.4, -0.2) is 0 Å². The maximum absolute atomic E-state index is 5.96. The topological polar surface area (TPSA) is 78.1 Å². The molecule has 0 heterocycles. The van der Waals surface area contributed by atoms with Crippen molar-refractivity contribution in [1.82, 2.24) is 0 Å². The van der Waals surface area contributed by atoms with Crippen LogP contribution in [0.15, 0.2) is 72.8 Å². The molecule has 3 aromatic rings. The van der Waals surface area contributed by atoms with E-state index in [9.17, 15) is 0 Å². The van der Waals surface area contributed by atoms with Gasteiger partial charge in [0.15, 0.2) is 0 Å². The number of hydrogen-bond acceptors (Lipinski definition) is 3. The molecule has 3 heteroatoms. The molecule has 0 aliphatic carbocycles. The predicted octanol–water partition coefficient (Wildman–Crippen LogP) is 3.61. The monoisotopic (exact) mass is 289 g/mol. The Morgan fingerprint density at radius 2 is 1.00 bits per heavy atom. The van der Waals surface area contributed by atoms with Gasteiger partial charge in [-0.05, 0) is 53.1 Å². The van der Waals surface area contributed by atoms with E-state index in [1.165, 1.54) is 11.1 Å². The Morgan fingerprint density at radius 1 is 0.500 bits per heavy atom. The van der Waals surface area contributed by atoms with Crippen molar-refractivity contribution in [2.24, 2.45) is 0 Å². The summed E-state index contributed by atoms with van der Waals surface area (Å²) in [5.74, 6) is 0.102. The van der Waals surface area contributed by atoms with Gasteiger partial charge in [-0.15, -0.1) is 0 Å². The quantitative estimate of drug-likeness (QED) is 0.509. The van der Waals surface area contributed by atoms with Gasteiger partial charge in [-0.25, -0.2) is 0 Å². The number of anilines is 3. The van der Waals surface area contributed by atoms with E-state index in [1.807, 2.05) is 42.5 Å². The van der Waals surface area contributed by atoms with Gasteiger partial charge in [0.1, 0.15) is 0 Å². The lowest BCUT2D eigenvalue weighted by molar-refractivity contribution is 0.979. The van der Waals surface area contributed by atoms with Crippen LogP contribution in [0.5, 0.6) is 0 Å². The molecule has 22 heavy (non-hydrogen) atoms. The molecular formula is C19H19N3. The number of nitrogen functional groups attached to an aromatic ring is 3. The molecule has 0 bridgehead atoms. The third-order valence-corrected chi connectivity index (χ3v) is 3.78. The molecule has 3 aromatic carbocycles. The SMILES string of the molecule is Nc1ccc(C(c2ccc(N)cc2)c2cccc(N)c2)cc1. The molecule has 0 spiro atoms. The Kier molecular flexibility index (Phi) is 3.71. The highest BCUT2D eigenvalue weighted by atomic mass is 14.5. The van der Waals surface area contributed by atoms with Crippen LogP contribution in [0.2, 0.25) is 0 Å². The molecule has 0 aliphatic heterocycles. The molecule has 6 N–H and O–H groups in total. The van der Waals surface area contributed by atoms with Gasteiger partial charge in [-0.1, -0.05) is 36.4 Å². The number of hydrogen-bond donors (Lipinski definition) is 3. The maximum atomic E-state index is 5.96. The zero-order chi connectivity index (χ0) is 15.5. The van der Waals surface area contributed by atoms with Crippen LogP contribution >= 0.6 is 0 Å². The zero-order valence-corrected chi connectivity index (χ0v) is 12.2. The van der Waals surface area contributed by atoms with Gasteiger partial charge in [0.05, 0.1) is 0 Å². The molecule has 3 rings (SSSR count). The van der Waals surface area contributed by atoms with Crippen molar-refractivity contribution < 1.29 is 0 Å². The molecule has 0 saturated carbocycles. The largest absolute Gasteiger partial charge is 0.399 e. The van der Waals surface area contributed by atoms with E-state index in [-0.39, 0.29) is 5.92 Å². The van der Waals surface area contributed by atoms with Crippen LogP contribution in [0.4, 0.5) is 17.1 Å².